The van der Waals surface area contributed by atoms with E-state index < -0.39 is 28.5 Å². The fourth-order valence-electron chi connectivity index (χ4n) is 3.16. The van der Waals surface area contributed by atoms with E-state index in [2.05, 4.69) is 5.32 Å². The van der Waals surface area contributed by atoms with Gasteiger partial charge in [-0.3, -0.25) is 4.79 Å². The normalized spacial score (nSPS) is 14.5. The third-order valence-electron chi connectivity index (χ3n) is 4.87. The van der Waals surface area contributed by atoms with Crippen LogP contribution >= 0.6 is 11.6 Å². The van der Waals surface area contributed by atoms with Crippen LogP contribution in [0.25, 0.3) is 0 Å². The number of benzene rings is 2. The summed E-state index contributed by atoms with van der Waals surface area (Å²) in [7, 11) is -3.85. The molecule has 0 spiro atoms. The Hall–Kier alpha value is -2.66. The molecule has 0 aliphatic carbocycles. The fraction of sp³-hybridized carbons (Fsp3) is 0.364. The molecule has 2 aromatic carbocycles. The number of hydrogen-bond donors (Lipinski definition) is 1. The minimum atomic E-state index is -3.85. The molecule has 1 amide bonds. The van der Waals surface area contributed by atoms with Gasteiger partial charge in [0.1, 0.15) is 10.6 Å². The quantitative estimate of drug-likeness (QED) is 0.531. The lowest BCUT2D eigenvalue weighted by Gasteiger charge is -2.26. The van der Waals surface area contributed by atoms with Crippen LogP contribution < -0.4 is 10.1 Å². The molecule has 1 aliphatic rings. The number of halogens is 1. The van der Waals surface area contributed by atoms with Crippen LogP contribution in [-0.2, 0) is 35.5 Å². The van der Waals surface area contributed by atoms with Gasteiger partial charge >= 0.3 is 5.97 Å². The Morgan fingerprint density at radius 1 is 1.12 bits per heavy atom. The molecule has 33 heavy (non-hydrogen) atoms. The lowest BCUT2D eigenvalue weighted by Crippen LogP contribution is -2.40. The summed E-state index contributed by atoms with van der Waals surface area (Å²) in [5, 5.41) is 2.55. The number of carbonyl (C=O) groups excluding carboxylic acids is 2. The zero-order valence-corrected chi connectivity index (χ0v) is 19.7. The number of nitrogens with one attached hydrogen (secondary N) is 1. The number of anilines is 1. The highest BCUT2D eigenvalue weighted by Gasteiger charge is 2.28. The van der Waals surface area contributed by atoms with Crippen molar-refractivity contribution in [1.82, 2.24) is 4.31 Å². The summed E-state index contributed by atoms with van der Waals surface area (Å²) in [6, 6.07) is 11.4. The number of sulfonamides is 1. The van der Waals surface area contributed by atoms with Gasteiger partial charge < -0.3 is 19.5 Å². The van der Waals surface area contributed by atoms with Gasteiger partial charge in [0, 0.05) is 18.8 Å². The Labute approximate surface area is 197 Å². The summed E-state index contributed by atoms with van der Waals surface area (Å²) in [6.07, 6.45) is 0.748. The summed E-state index contributed by atoms with van der Waals surface area (Å²) in [5.41, 5.74) is 1.16. The van der Waals surface area contributed by atoms with Crippen molar-refractivity contribution in [3.8, 4) is 5.75 Å². The molecule has 1 aliphatic heterocycles. The average Bonchev–Trinajstić information content (AvgIpc) is 2.83. The smallest absolute Gasteiger partial charge is 0.344 e. The molecule has 0 radical (unpaired) electrons. The van der Waals surface area contributed by atoms with E-state index >= 15 is 0 Å². The minimum absolute atomic E-state index is 0.0374. The Morgan fingerprint density at radius 3 is 2.58 bits per heavy atom. The monoisotopic (exact) mass is 496 g/mol. The third kappa shape index (κ3) is 6.67. The van der Waals surface area contributed by atoms with Gasteiger partial charge in [-0.25, -0.2) is 13.2 Å². The van der Waals surface area contributed by atoms with Crippen molar-refractivity contribution in [3.05, 3.63) is 53.1 Å². The molecule has 0 bridgehead atoms. The van der Waals surface area contributed by atoms with Crippen molar-refractivity contribution in [1.29, 1.82) is 0 Å². The van der Waals surface area contributed by atoms with Crippen molar-refractivity contribution in [2.24, 2.45) is 0 Å². The van der Waals surface area contributed by atoms with Gasteiger partial charge in [-0.1, -0.05) is 36.7 Å². The van der Waals surface area contributed by atoms with Crippen LogP contribution in [0.5, 0.6) is 5.75 Å². The molecule has 0 saturated carbocycles. The van der Waals surface area contributed by atoms with E-state index in [0.29, 0.717) is 19.0 Å². The van der Waals surface area contributed by atoms with Crippen LogP contribution in [0.2, 0.25) is 5.02 Å². The number of para-hydroxylation sites is 1. The van der Waals surface area contributed by atoms with Crippen LogP contribution in [0.15, 0.2) is 47.4 Å². The van der Waals surface area contributed by atoms with E-state index in [1.54, 1.807) is 12.1 Å². The Balaban J connectivity index is 1.55. The number of aryl methyl sites for hydroxylation is 1. The molecular formula is C22H25ClN2O7S. The van der Waals surface area contributed by atoms with Crippen molar-refractivity contribution in [2.45, 2.75) is 18.2 Å². The first-order valence-electron chi connectivity index (χ1n) is 10.3. The summed E-state index contributed by atoms with van der Waals surface area (Å²) in [5.74, 6) is -0.756. The summed E-state index contributed by atoms with van der Waals surface area (Å²) >= 11 is 6.11. The predicted octanol–water partition coefficient (Wildman–Crippen LogP) is 2.48. The molecule has 11 heteroatoms. The molecule has 9 nitrogen and oxygen atoms in total. The topological polar surface area (TPSA) is 111 Å². The maximum absolute atomic E-state index is 12.9. The lowest BCUT2D eigenvalue weighted by molar-refractivity contribution is -0.149. The van der Waals surface area contributed by atoms with Crippen molar-refractivity contribution < 1.29 is 32.2 Å². The molecule has 1 N–H and O–H groups in total. The first-order valence-corrected chi connectivity index (χ1v) is 12.2. The number of carbonyl (C=O) groups is 2. The highest BCUT2D eigenvalue weighted by molar-refractivity contribution is 7.89. The van der Waals surface area contributed by atoms with E-state index in [1.807, 2.05) is 19.1 Å². The van der Waals surface area contributed by atoms with Crippen LogP contribution in [0, 0.1) is 0 Å². The predicted molar refractivity (Wildman–Crippen MR) is 122 cm³/mol. The first kappa shape index (κ1) is 25.0. The second-order valence-electron chi connectivity index (χ2n) is 7.12. The van der Waals surface area contributed by atoms with E-state index in [1.165, 1.54) is 22.5 Å². The van der Waals surface area contributed by atoms with Gasteiger partial charge in [0.05, 0.1) is 18.2 Å². The van der Waals surface area contributed by atoms with Gasteiger partial charge in [0.2, 0.25) is 10.0 Å². The molecule has 0 aromatic heterocycles. The van der Waals surface area contributed by atoms with Gasteiger partial charge in [0.25, 0.3) is 5.91 Å². The highest BCUT2D eigenvalue weighted by Crippen LogP contribution is 2.28. The third-order valence-corrected chi connectivity index (χ3v) is 7.25. The lowest BCUT2D eigenvalue weighted by atomic mass is 10.1. The molecule has 0 atom stereocenters. The number of ether oxygens (including phenoxy) is 3. The number of morpholine rings is 1. The maximum atomic E-state index is 12.9. The van der Waals surface area contributed by atoms with E-state index in [4.69, 9.17) is 25.8 Å². The molecule has 0 unspecified atom stereocenters. The van der Waals surface area contributed by atoms with E-state index in [0.717, 1.165) is 12.0 Å². The fourth-order valence-corrected chi connectivity index (χ4v) is 5.07. The molecule has 2 aromatic rings. The average molecular weight is 497 g/mol. The Morgan fingerprint density at radius 2 is 1.85 bits per heavy atom. The van der Waals surface area contributed by atoms with Crippen LogP contribution in [0.1, 0.15) is 12.5 Å². The van der Waals surface area contributed by atoms with Crippen molar-refractivity contribution in [3.63, 3.8) is 0 Å². The minimum Gasteiger partial charge on any atom is -0.482 e. The number of amides is 1. The Kier molecular flexibility index (Phi) is 8.67. The SMILES string of the molecule is CCc1ccccc1OCC(=O)OCC(=O)Nc1ccc(Cl)c(S(=O)(=O)N2CCOCC2)c1. The number of hydrogen-bond acceptors (Lipinski definition) is 7. The number of nitrogens with zero attached hydrogens (tertiary/aromatic N) is 1. The summed E-state index contributed by atoms with van der Waals surface area (Å²) in [6.45, 7) is 2.11. The second-order valence-corrected chi connectivity index (χ2v) is 9.43. The van der Waals surface area contributed by atoms with Gasteiger partial charge in [-0.05, 0) is 36.2 Å². The van der Waals surface area contributed by atoms with Gasteiger partial charge in [-0.15, -0.1) is 0 Å². The molecule has 1 heterocycles. The molecule has 1 fully saturated rings. The zero-order valence-electron chi connectivity index (χ0n) is 18.1. The van der Waals surface area contributed by atoms with Gasteiger partial charge in [0.15, 0.2) is 13.2 Å². The van der Waals surface area contributed by atoms with Gasteiger partial charge in [-0.2, -0.15) is 4.31 Å². The number of rotatable bonds is 9. The molecule has 3 rings (SSSR count). The molecule has 1 saturated heterocycles. The largest absolute Gasteiger partial charge is 0.482 e. The summed E-state index contributed by atoms with van der Waals surface area (Å²) in [4.78, 5) is 24.0. The van der Waals surface area contributed by atoms with E-state index in [9.17, 15) is 18.0 Å². The standard InChI is InChI=1S/C22H25ClN2O7S/c1-2-16-5-3-4-6-19(16)31-15-22(27)32-14-21(26)24-17-7-8-18(23)20(13-17)33(28,29)25-9-11-30-12-10-25/h3-8,13H,2,9-12,14-15H2,1H3,(H,24,26). The van der Waals surface area contributed by atoms with Crippen LogP contribution in [0.4, 0.5) is 5.69 Å². The molecular weight excluding hydrogens is 472 g/mol. The van der Waals surface area contributed by atoms with Crippen molar-refractivity contribution >= 4 is 39.2 Å². The summed E-state index contributed by atoms with van der Waals surface area (Å²) < 4.78 is 42.7. The highest BCUT2D eigenvalue weighted by atomic mass is 35.5. The Bertz CT molecular complexity index is 1100. The zero-order chi connectivity index (χ0) is 23.8. The first-order chi connectivity index (χ1) is 15.8. The maximum Gasteiger partial charge on any atom is 0.344 e. The molecule has 178 valence electrons. The van der Waals surface area contributed by atoms with Crippen LogP contribution in [0.3, 0.4) is 0 Å². The van der Waals surface area contributed by atoms with Crippen molar-refractivity contribution in [2.75, 3.05) is 44.8 Å². The number of esters is 1. The van der Waals surface area contributed by atoms with E-state index in [-0.39, 0.29) is 35.3 Å². The van der Waals surface area contributed by atoms with Crippen LogP contribution in [-0.4, -0.2) is 64.1 Å². The second kappa shape index (κ2) is 11.5.